The monoisotopic (exact) mass is 514 g/mol. The van der Waals surface area contributed by atoms with Gasteiger partial charge in [0.15, 0.2) is 0 Å². The highest BCUT2D eigenvalue weighted by Crippen LogP contribution is 2.31. The molecule has 4 unspecified atom stereocenters. The summed E-state index contributed by atoms with van der Waals surface area (Å²) < 4.78 is 22.1. The smallest absolute Gasteiger partial charge is 0.0531 e. The fraction of sp³-hybridized carbons (Fsp3) is 0.636. The van der Waals surface area contributed by atoms with Gasteiger partial charge in [0.1, 0.15) is 0 Å². The highest BCUT2D eigenvalue weighted by atomic mass is 16.5. The number of ether oxygens (including phenoxy) is 4. The van der Waals surface area contributed by atoms with Gasteiger partial charge in [0.2, 0.25) is 0 Å². The molecule has 0 amide bonds. The van der Waals surface area contributed by atoms with E-state index in [1.165, 1.54) is 11.1 Å². The predicted octanol–water partition coefficient (Wildman–Crippen LogP) is 7.84. The molecule has 0 radical (unpaired) electrons. The first kappa shape index (κ1) is 33.3. The van der Waals surface area contributed by atoms with Crippen LogP contribution in [0.15, 0.2) is 60.7 Å². The van der Waals surface area contributed by atoms with Gasteiger partial charge in [0.05, 0.1) is 13.2 Å². The molecule has 0 aliphatic rings. The second-order valence-electron chi connectivity index (χ2n) is 10.5. The van der Waals surface area contributed by atoms with Gasteiger partial charge in [-0.1, -0.05) is 88.4 Å². The van der Waals surface area contributed by atoms with Crippen LogP contribution in [0.2, 0.25) is 0 Å². The van der Waals surface area contributed by atoms with Crippen molar-refractivity contribution in [2.75, 3.05) is 53.9 Å². The summed E-state index contributed by atoms with van der Waals surface area (Å²) in [6, 6.07) is 21.2. The normalized spacial score (nSPS) is 14.6. The third-order valence-electron chi connectivity index (χ3n) is 7.14. The Morgan fingerprint density at radius 2 is 0.892 bits per heavy atom. The third-order valence-corrected chi connectivity index (χ3v) is 7.14. The standard InChI is InChI=1S/C19H24O2.C14H30O2/c1-20-14-18(16-9-5-3-6-10-16)13-19(15-21-2)17-11-7-4-8-12-17;1-7-15-9-13(11(3)4)14(12(5)6)10-16-8-2/h3-12,18-19H,13-15H2,1-2H3;11-14H,7-10H2,1-6H3. The number of methoxy groups -OCH3 is 2. The molecule has 4 heteroatoms. The van der Waals surface area contributed by atoms with Crippen molar-refractivity contribution in [2.24, 2.45) is 23.7 Å². The van der Waals surface area contributed by atoms with E-state index in [2.05, 4.69) is 102 Å². The van der Waals surface area contributed by atoms with E-state index in [0.29, 0.717) is 35.5 Å². The van der Waals surface area contributed by atoms with Gasteiger partial charge >= 0.3 is 0 Å². The molecule has 0 heterocycles. The van der Waals surface area contributed by atoms with Crippen molar-refractivity contribution in [3.8, 4) is 0 Å². The van der Waals surface area contributed by atoms with Crippen LogP contribution in [-0.2, 0) is 18.9 Å². The molecule has 0 aromatic heterocycles. The van der Waals surface area contributed by atoms with Crippen LogP contribution >= 0.6 is 0 Å². The molecule has 0 bridgehead atoms. The van der Waals surface area contributed by atoms with Crippen molar-refractivity contribution >= 4 is 0 Å². The van der Waals surface area contributed by atoms with Crippen LogP contribution in [-0.4, -0.2) is 53.9 Å². The summed E-state index contributed by atoms with van der Waals surface area (Å²) in [6.45, 7) is 18.1. The Hall–Kier alpha value is -1.72. The largest absolute Gasteiger partial charge is 0.384 e. The molecule has 0 spiro atoms. The minimum Gasteiger partial charge on any atom is -0.384 e. The lowest BCUT2D eigenvalue weighted by molar-refractivity contribution is 0.00431. The van der Waals surface area contributed by atoms with Gasteiger partial charge in [-0.2, -0.15) is 0 Å². The molecular formula is C33H54O4. The zero-order chi connectivity index (χ0) is 27.5. The molecule has 37 heavy (non-hydrogen) atoms. The number of rotatable bonds is 17. The SMILES string of the molecule is CCOCC(C(C)C)C(COCC)C(C)C.COCC(CC(COC)c1ccccc1)c1ccccc1. The average molecular weight is 515 g/mol. The maximum Gasteiger partial charge on any atom is 0.0531 e. The summed E-state index contributed by atoms with van der Waals surface area (Å²) in [5, 5.41) is 0. The van der Waals surface area contributed by atoms with Crippen LogP contribution in [0.3, 0.4) is 0 Å². The summed E-state index contributed by atoms with van der Waals surface area (Å²) in [5.41, 5.74) is 2.66. The van der Waals surface area contributed by atoms with Crippen molar-refractivity contribution in [2.45, 2.75) is 59.8 Å². The van der Waals surface area contributed by atoms with Gasteiger partial charge in [-0.3, -0.25) is 0 Å². The first-order valence-electron chi connectivity index (χ1n) is 14.1. The summed E-state index contributed by atoms with van der Waals surface area (Å²) in [5.74, 6) is 3.28. The average Bonchev–Trinajstić information content (AvgIpc) is 2.91. The van der Waals surface area contributed by atoms with Crippen molar-refractivity contribution in [3.63, 3.8) is 0 Å². The van der Waals surface area contributed by atoms with Crippen LogP contribution in [0, 0.1) is 23.7 Å². The van der Waals surface area contributed by atoms with Crippen LogP contribution in [0.25, 0.3) is 0 Å². The first-order chi connectivity index (χ1) is 17.9. The lowest BCUT2D eigenvalue weighted by Crippen LogP contribution is -2.32. The van der Waals surface area contributed by atoms with E-state index in [9.17, 15) is 0 Å². The maximum absolute atomic E-state index is 5.61. The van der Waals surface area contributed by atoms with Gasteiger partial charge in [0.25, 0.3) is 0 Å². The highest BCUT2D eigenvalue weighted by molar-refractivity contribution is 5.24. The second-order valence-corrected chi connectivity index (χ2v) is 10.5. The molecule has 0 aliphatic carbocycles. The van der Waals surface area contributed by atoms with Crippen LogP contribution < -0.4 is 0 Å². The fourth-order valence-electron chi connectivity index (χ4n) is 4.93. The Morgan fingerprint density at radius 3 is 1.16 bits per heavy atom. The lowest BCUT2D eigenvalue weighted by Gasteiger charge is -2.32. The molecule has 0 saturated heterocycles. The van der Waals surface area contributed by atoms with Crippen molar-refractivity contribution < 1.29 is 18.9 Å². The Morgan fingerprint density at radius 1 is 0.541 bits per heavy atom. The first-order valence-corrected chi connectivity index (χ1v) is 14.1. The molecule has 0 fully saturated rings. The second kappa shape index (κ2) is 20.3. The van der Waals surface area contributed by atoms with Crippen molar-refractivity contribution in [3.05, 3.63) is 71.8 Å². The van der Waals surface area contributed by atoms with E-state index >= 15 is 0 Å². The van der Waals surface area contributed by atoms with Gasteiger partial charge in [-0.05, 0) is 55.1 Å². The van der Waals surface area contributed by atoms with E-state index in [1.807, 2.05) is 0 Å². The summed E-state index contributed by atoms with van der Waals surface area (Å²) in [4.78, 5) is 0. The molecule has 2 aromatic carbocycles. The number of hydrogen-bond acceptors (Lipinski definition) is 4. The molecule has 4 atom stereocenters. The maximum atomic E-state index is 5.61. The van der Waals surface area contributed by atoms with E-state index in [4.69, 9.17) is 18.9 Å². The third kappa shape index (κ3) is 13.1. The number of benzene rings is 2. The molecule has 2 aromatic rings. The summed E-state index contributed by atoms with van der Waals surface area (Å²) >= 11 is 0. The van der Waals surface area contributed by atoms with Crippen molar-refractivity contribution in [1.29, 1.82) is 0 Å². The quantitative estimate of drug-likeness (QED) is 0.215. The van der Waals surface area contributed by atoms with Gasteiger partial charge in [-0.25, -0.2) is 0 Å². The Kier molecular flexibility index (Phi) is 18.2. The van der Waals surface area contributed by atoms with Crippen molar-refractivity contribution in [1.82, 2.24) is 0 Å². The van der Waals surface area contributed by atoms with E-state index in [-0.39, 0.29) is 0 Å². The Labute approximate surface area is 228 Å². The molecule has 4 nitrogen and oxygen atoms in total. The molecule has 2 rings (SSSR count). The molecule has 0 N–H and O–H groups in total. The predicted molar refractivity (Wildman–Crippen MR) is 156 cm³/mol. The topological polar surface area (TPSA) is 36.9 Å². The van der Waals surface area contributed by atoms with E-state index < -0.39 is 0 Å². The highest BCUT2D eigenvalue weighted by Gasteiger charge is 2.27. The van der Waals surface area contributed by atoms with Crippen LogP contribution in [0.5, 0.6) is 0 Å². The van der Waals surface area contributed by atoms with E-state index in [0.717, 1.165) is 46.1 Å². The minimum atomic E-state index is 0.386. The fourth-order valence-corrected chi connectivity index (χ4v) is 4.93. The van der Waals surface area contributed by atoms with E-state index in [1.54, 1.807) is 14.2 Å². The van der Waals surface area contributed by atoms with Crippen LogP contribution in [0.1, 0.15) is 70.9 Å². The van der Waals surface area contributed by atoms with Gasteiger partial charge < -0.3 is 18.9 Å². The Bertz CT molecular complexity index is 697. The number of hydrogen-bond donors (Lipinski definition) is 0. The molecule has 0 saturated carbocycles. The lowest BCUT2D eigenvalue weighted by atomic mass is 9.78. The van der Waals surface area contributed by atoms with Gasteiger partial charge in [0, 0.05) is 52.5 Å². The summed E-state index contributed by atoms with van der Waals surface area (Å²) in [7, 11) is 3.54. The van der Waals surface area contributed by atoms with Crippen LogP contribution in [0.4, 0.5) is 0 Å². The zero-order valence-electron chi connectivity index (χ0n) is 24.8. The minimum absolute atomic E-state index is 0.386. The zero-order valence-corrected chi connectivity index (χ0v) is 24.8. The summed E-state index contributed by atoms with van der Waals surface area (Å²) in [6.07, 6.45) is 1.02. The molecule has 0 aliphatic heterocycles. The molecule has 210 valence electrons. The Balaban J connectivity index is 0.000000387. The molecular weight excluding hydrogens is 460 g/mol. The van der Waals surface area contributed by atoms with Gasteiger partial charge in [-0.15, -0.1) is 0 Å².